The molecule has 6 nitrogen and oxygen atoms in total. The Labute approximate surface area is 154 Å². The summed E-state index contributed by atoms with van der Waals surface area (Å²) < 4.78 is 1.86. The first-order chi connectivity index (χ1) is 12.4. The molecule has 2 amide bonds. The van der Waals surface area contributed by atoms with E-state index in [-0.39, 0.29) is 11.8 Å². The maximum Gasteiger partial charge on any atom is 0.247 e. The largest absolute Gasteiger partial charge is 0.321 e. The highest BCUT2D eigenvalue weighted by Crippen LogP contribution is 2.29. The molecule has 0 bridgehead atoms. The lowest BCUT2D eigenvalue weighted by Crippen LogP contribution is -2.45. The van der Waals surface area contributed by atoms with Gasteiger partial charge >= 0.3 is 0 Å². The molecule has 2 aromatic rings. The Bertz CT molecular complexity index is 840. The lowest BCUT2D eigenvalue weighted by atomic mass is 10.1. The van der Waals surface area contributed by atoms with Crippen LogP contribution in [0.25, 0.3) is 0 Å². The molecule has 0 fully saturated rings. The Morgan fingerprint density at radius 3 is 2.69 bits per heavy atom. The number of amides is 2. The molecule has 1 aliphatic rings. The standard InChI is InChI=1S/C20H26N4O2/c1-5-23-14(3)19(13(2)22-23)21-20(26)15(4)24-17-11-7-6-9-16(17)10-8-12-18(24)25/h6-7,9,11,15H,5,8,10,12H2,1-4H3,(H,21,26)/t15-/m1/s1. The van der Waals surface area contributed by atoms with Crippen LogP contribution in [-0.4, -0.2) is 27.6 Å². The molecule has 1 aromatic heterocycles. The van der Waals surface area contributed by atoms with Crippen LogP contribution >= 0.6 is 0 Å². The van der Waals surface area contributed by atoms with E-state index in [0.717, 1.165) is 47.7 Å². The number of nitrogens with zero attached hydrogens (tertiary/aromatic N) is 3. The van der Waals surface area contributed by atoms with Crippen LogP contribution < -0.4 is 10.2 Å². The summed E-state index contributed by atoms with van der Waals surface area (Å²) in [4.78, 5) is 27.3. The van der Waals surface area contributed by atoms with Crippen LogP contribution in [0.4, 0.5) is 11.4 Å². The van der Waals surface area contributed by atoms with E-state index in [9.17, 15) is 9.59 Å². The van der Waals surface area contributed by atoms with E-state index in [0.29, 0.717) is 6.42 Å². The number of fused-ring (bicyclic) bond motifs is 1. The van der Waals surface area contributed by atoms with Crippen molar-refractivity contribution in [2.24, 2.45) is 0 Å². The first kappa shape index (κ1) is 18.2. The van der Waals surface area contributed by atoms with Crippen LogP contribution in [0, 0.1) is 13.8 Å². The molecule has 138 valence electrons. The van der Waals surface area contributed by atoms with Gasteiger partial charge in [-0.1, -0.05) is 18.2 Å². The molecule has 0 radical (unpaired) electrons. The third-order valence-corrected chi connectivity index (χ3v) is 5.05. The van der Waals surface area contributed by atoms with Gasteiger partial charge in [-0.05, 0) is 52.2 Å². The Morgan fingerprint density at radius 2 is 2.00 bits per heavy atom. The molecule has 0 saturated heterocycles. The average molecular weight is 354 g/mol. The summed E-state index contributed by atoms with van der Waals surface area (Å²) in [5.74, 6) is -0.202. The zero-order valence-corrected chi connectivity index (χ0v) is 15.9. The molecular weight excluding hydrogens is 328 g/mol. The highest BCUT2D eigenvalue weighted by molar-refractivity contribution is 6.05. The van der Waals surface area contributed by atoms with Crippen molar-refractivity contribution in [2.75, 3.05) is 10.2 Å². The van der Waals surface area contributed by atoms with Gasteiger partial charge in [-0.15, -0.1) is 0 Å². The number of hydrogen-bond donors (Lipinski definition) is 1. The summed E-state index contributed by atoms with van der Waals surface area (Å²) >= 11 is 0. The summed E-state index contributed by atoms with van der Waals surface area (Å²) in [5, 5.41) is 7.43. The molecule has 1 atom stereocenters. The van der Waals surface area contributed by atoms with Crippen molar-refractivity contribution in [3.63, 3.8) is 0 Å². The number of anilines is 2. The topological polar surface area (TPSA) is 67.2 Å². The molecule has 3 rings (SSSR count). The lowest BCUT2D eigenvalue weighted by molar-refractivity contribution is -0.123. The predicted molar refractivity (Wildman–Crippen MR) is 102 cm³/mol. The van der Waals surface area contributed by atoms with E-state index in [2.05, 4.69) is 10.4 Å². The summed E-state index contributed by atoms with van der Waals surface area (Å²) in [6.45, 7) is 8.36. The Morgan fingerprint density at radius 1 is 1.27 bits per heavy atom. The van der Waals surface area contributed by atoms with Crippen molar-refractivity contribution in [3.05, 3.63) is 41.2 Å². The van der Waals surface area contributed by atoms with E-state index >= 15 is 0 Å². The fourth-order valence-corrected chi connectivity index (χ4v) is 3.60. The van der Waals surface area contributed by atoms with E-state index < -0.39 is 6.04 Å². The zero-order chi connectivity index (χ0) is 18.8. The van der Waals surface area contributed by atoms with Crippen molar-refractivity contribution in [2.45, 2.75) is 59.5 Å². The molecule has 0 spiro atoms. The highest BCUT2D eigenvalue weighted by Gasteiger charge is 2.31. The van der Waals surface area contributed by atoms with Crippen LogP contribution in [0.1, 0.15) is 43.6 Å². The molecular formula is C20H26N4O2. The second-order valence-corrected chi connectivity index (χ2v) is 6.77. The summed E-state index contributed by atoms with van der Waals surface area (Å²) in [5.41, 5.74) is 4.40. The van der Waals surface area contributed by atoms with Crippen LogP contribution in [-0.2, 0) is 22.6 Å². The fourth-order valence-electron chi connectivity index (χ4n) is 3.60. The Balaban J connectivity index is 1.88. The summed E-state index contributed by atoms with van der Waals surface area (Å²) in [7, 11) is 0. The minimum Gasteiger partial charge on any atom is -0.321 e. The number of carbonyl (C=O) groups is 2. The lowest BCUT2D eigenvalue weighted by Gasteiger charge is -2.28. The van der Waals surface area contributed by atoms with Crippen molar-refractivity contribution in [1.82, 2.24) is 9.78 Å². The van der Waals surface area contributed by atoms with Gasteiger partial charge in [0.1, 0.15) is 6.04 Å². The van der Waals surface area contributed by atoms with Gasteiger partial charge in [0.15, 0.2) is 0 Å². The van der Waals surface area contributed by atoms with Gasteiger partial charge in [-0.25, -0.2) is 0 Å². The van der Waals surface area contributed by atoms with E-state index in [1.165, 1.54) is 0 Å². The van der Waals surface area contributed by atoms with Crippen LogP contribution in [0.5, 0.6) is 0 Å². The molecule has 1 N–H and O–H groups in total. The number of rotatable bonds is 4. The minimum atomic E-state index is -0.592. The maximum absolute atomic E-state index is 12.9. The first-order valence-corrected chi connectivity index (χ1v) is 9.18. The number of aromatic nitrogens is 2. The van der Waals surface area contributed by atoms with Gasteiger partial charge in [0.25, 0.3) is 0 Å². The molecule has 1 aromatic carbocycles. The van der Waals surface area contributed by atoms with Crippen molar-refractivity contribution in [1.29, 1.82) is 0 Å². The molecule has 0 aliphatic carbocycles. The second-order valence-electron chi connectivity index (χ2n) is 6.77. The quantitative estimate of drug-likeness (QED) is 0.917. The normalized spacial score (nSPS) is 15.4. The third kappa shape index (κ3) is 3.23. The molecule has 0 saturated carbocycles. The first-order valence-electron chi connectivity index (χ1n) is 9.18. The highest BCUT2D eigenvalue weighted by atomic mass is 16.2. The van der Waals surface area contributed by atoms with Crippen molar-refractivity contribution < 1.29 is 9.59 Å². The third-order valence-electron chi connectivity index (χ3n) is 5.05. The van der Waals surface area contributed by atoms with Gasteiger partial charge in [0.2, 0.25) is 11.8 Å². The van der Waals surface area contributed by atoms with Crippen LogP contribution in [0.2, 0.25) is 0 Å². The molecule has 26 heavy (non-hydrogen) atoms. The average Bonchev–Trinajstić information content (AvgIpc) is 2.80. The Hall–Kier alpha value is -2.63. The van der Waals surface area contributed by atoms with Gasteiger partial charge in [0.05, 0.1) is 17.1 Å². The zero-order valence-electron chi connectivity index (χ0n) is 15.9. The molecule has 6 heteroatoms. The molecule has 0 unspecified atom stereocenters. The molecule has 2 heterocycles. The van der Waals surface area contributed by atoms with Gasteiger partial charge in [-0.3, -0.25) is 19.2 Å². The van der Waals surface area contributed by atoms with E-state index in [1.807, 2.05) is 49.7 Å². The summed E-state index contributed by atoms with van der Waals surface area (Å²) in [6.07, 6.45) is 2.12. The smallest absolute Gasteiger partial charge is 0.247 e. The SMILES string of the molecule is CCn1nc(C)c(NC(=O)[C@@H](C)N2C(=O)CCCc3ccccc32)c1C. The fraction of sp³-hybridized carbons (Fsp3) is 0.450. The number of carbonyl (C=O) groups excluding carboxylic acids is 2. The monoisotopic (exact) mass is 354 g/mol. The van der Waals surface area contributed by atoms with E-state index in [1.54, 1.807) is 11.8 Å². The molecule has 1 aliphatic heterocycles. The predicted octanol–water partition coefficient (Wildman–Crippen LogP) is 3.22. The number of aryl methyl sites for hydroxylation is 3. The number of hydrogen-bond acceptors (Lipinski definition) is 3. The number of benzene rings is 1. The van der Waals surface area contributed by atoms with E-state index in [4.69, 9.17) is 0 Å². The second kappa shape index (κ2) is 7.32. The van der Waals surface area contributed by atoms with Crippen molar-refractivity contribution in [3.8, 4) is 0 Å². The van der Waals surface area contributed by atoms with Crippen molar-refractivity contribution >= 4 is 23.2 Å². The maximum atomic E-state index is 12.9. The minimum absolute atomic E-state index is 0.00435. The number of para-hydroxylation sites is 1. The Kier molecular flexibility index (Phi) is 5.11. The van der Waals surface area contributed by atoms with Crippen LogP contribution in [0.15, 0.2) is 24.3 Å². The summed E-state index contributed by atoms with van der Waals surface area (Å²) in [6, 6.07) is 7.25. The number of nitrogens with one attached hydrogen (secondary N) is 1. The van der Waals surface area contributed by atoms with Gasteiger partial charge in [-0.2, -0.15) is 5.10 Å². The van der Waals surface area contributed by atoms with Crippen LogP contribution in [0.3, 0.4) is 0 Å². The van der Waals surface area contributed by atoms with Gasteiger partial charge in [0, 0.05) is 18.7 Å². The van der Waals surface area contributed by atoms with Gasteiger partial charge < -0.3 is 5.32 Å².